The van der Waals surface area contributed by atoms with Crippen LogP contribution in [0.15, 0.2) is 69.9 Å². The Morgan fingerprint density at radius 2 is 1.73 bits per heavy atom. The van der Waals surface area contributed by atoms with Crippen molar-refractivity contribution in [1.29, 1.82) is 0 Å². The van der Waals surface area contributed by atoms with Crippen molar-refractivity contribution in [3.63, 3.8) is 0 Å². The fraction of sp³-hybridized carbons (Fsp3) is 0.154. The second kappa shape index (κ2) is 10.2. The Bertz CT molecular complexity index is 1380. The normalized spacial score (nSPS) is 11.3. The Balaban J connectivity index is 1.85. The van der Waals surface area contributed by atoms with Gasteiger partial charge in [0.15, 0.2) is 11.5 Å². The highest BCUT2D eigenvalue weighted by Crippen LogP contribution is 2.37. The molecule has 0 saturated heterocycles. The van der Waals surface area contributed by atoms with E-state index in [4.69, 9.17) is 26.1 Å². The number of halogens is 2. The molecule has 0 bridgehead atoms. The van der Waals surface area contributed by atoms with Crippen molar-refractivity contribution < 1.29 is 9.47 Å². The first-order chi connectivity index (χ1) is 16.0. The molecule has 0 aliphatic heterocycles. The molecule has 5 nitrogen and oxygen atoms in total. The van der Waals surface area contributed by atoms with Crippen LogP contribution >= 0.6 is 27.5 Å². The van der Waals surface area contributed by atoms with Crippen molar-refractivity contribution in [3.8, 4) is 17.2 Å². The molecule has 0 N–H and O–H groups in total. The third-order valence-corrected chi connectivity index (χ3v) is 5.77. The molecule has 4 aromatic rings. The molecule has 0 radical (unpaired) electrons. The Hall–Kier alpha value is -3.09. The van der Waals surface area contributed by atoms with Crippen LogP contribution < -0.4 is 15.0 Å². The highest BCUT2D eigenvalue weighted by molar-refractivity contribution is 9.10. The van der Waals surface area contributed by atoms with Crippen LogP contribution in [0.3, 0.4) is 0 Å². The van der Waals surface area contributed by atoms with Crippen molar-refractivity contribution >= 4 is 50.6 Å². The molecular formula is C26H22BrClN2O3. The van der Waals surface area contributed by atoms with Crippen LogP contribution in [0.5, 0.6) is 11.5 Å². The first-order valence-corrected chi connectivity index (χ1v) is 11.7. The predicted octanol–water partition coefficient (Wildman–Crippen LogP) is 6.77. The number of nitrogens with zero attached hydrogens (tertiary/aromatic N) is 2. The molecule has 1 aromatic heterocycles. The lowest BCUT2D eigenvalue weighted by Crippen LogP contribution is -2.22. The van der Waals surface area contributed by atoms with E-state index in [1.165, 1.54) is 0 Å². The second-order valence-corrected chi connectivity index (χ2v) is 8.42. The summed E-state index contributed by atoms with van der Waals surface area (Å²) in [6.07, 6.45) is 3.71. The first-order valence-electron chi connectivity index (χ1n) is 10.6. The number of para-hydroxylation sites is 1. The zero-order valence-electron chi connectivity index (χ0n) is 18.2. The molecular weight excluding hydrogens is 504 g/mol. The molecule has 4 rings (SSSR count). The first kappa shape index (κ1) is 23.1. The number of aromatic nitrogens is 2. The van der Waals surface area contributed by atoms with Crippen molar-refractivity contribution in [2.24, 2.45) is 0 Å². The summed E-state index contributed by atoms with van der Waals surface area (Å²) < 4.78 is 13.9. The maximum Gasteiger partial charge on any atom is 0.266 e. The zero-order valence-corrected chi connectivity index (χ0v) is 20.6. The topological polar surface area (TPSA) is 53.3 Å². The van der Waals surface area contributed by atoms with Gasteiger partial charge in [-0.3, -0.25) is 9.36 Å². The lowest BCUT2D eigenvalue weighted by atomic mass is 10.1. The van der Waals surface area contributed by atoms with Gasteiger partial charge in [0.05, 0.1) is 34.3 Å². The molecule has 0 unspecified atom stereocenters. The molecule has 0 aliphatic carbocycles. The van der Waals surface area contributed by atoms with E-state index in [1.54, 1.807) is 34.9 Å². The lowest BCUT2D eigenvalue weighted by molar-refractivity contribution is 0.286. The van der Waals surface area contributed by atoms with Crippen LogP contribution in [0.4, 0.5) is 0 Å². The van der Waals surface area contributed by atoms with Crippen LogP contribution in [0.1, 0.15) is 25.2 Å². The van der Waals surface area contributed by atoms with Crippen LogP contribution in [-0.2, 0) is 0 Å². The van der Waals surface area contributed by atoms with E-state index in [0.717, 1.165) is 10.0 Å². The maximum atomic E-state index is 13.4. The number of rotatable bonds is 7. The average Bonchev–Trinajstić information content (AvgIpc) is 2.81. The van der Waals surface area contributed by atoms with Crippen molar-refractivity contribution in [1.82, 2.24) is 9.55 Å². The molecule has 33 heavy (non-hydrogen) atoms. The predicted molar refractivity (Wildman–Crippen MR) is 138 cm³/mol. The summed E-state index contributed by atoms with van der Waals surface area (Å²) in [7, 11) is 0. The third kappa shape index (κ3) is 4.97. The van der Waals surface area contributed by atoms with Gasteiger partial charge in [-0.1, -0.05) is 29.8 Å². The molecule has 0 spiro atoms. The third-order valence-electron chi connectivity index (χ3n) is 4.93. The van der Waals surface area contributed by atoms with E-state index in [0.29, 0.717) is 52.2 Å². The Labute approximate surface area is 205 Å². The minimum atomic E-state index is -0.148. The van der Waals surface area contributed by atoms with Crippen LogP contribution in [0.25, 0.3) is 28.7 Å². The smallest absolute Gasteiger partial charge is 0.266 e. The minimum absolute atomic E-state index is 0.148. The molecule has 0 amide bonds. The number of benzene rings is 3. The highest BCUT2D eigenvalue weighted by Gasteiger charge is 2.13. The van der Waals surface area contributed by atoms with Gasteiger partial charge in [0.2, 0.25) is 0 Å². The van der Waals surface area contributed by atoms with E-state index in [2.05, 4.69) is 15.9 Å². The van der Waals surface area contributed by atoms with Crippen LogP contribution in [-0.4, -0.2) is 22.8 Å². The number of fused-ring (bicyclic) bond motifs is 1. The summed E-state index contributed by atoms with van der Waals surface area (Å²) in [6.45, 7) is 4.90. The second-order valence-electron chi connectivity index (χ2n) is 7.13. The quantitative estimate of drug-likeness (QED) is 0.267. The summed E-state index contributed by atoms with van der Waals surface area (Å²) in [6, 6.07) is 18.3. The van der Waals surface area contributed by atoms with Crippen molar-refractivity contribution in [2.75, 3.05) is 13.2 Å². The van der Waals surface area contributed by atoms with Crippen molar-refractivity contribution in [3.05, 3.63) is 91.9 Å². The number of ether oxygens (including phenoxy) is 2. The molecule has 7 heteroatoms. The average molecular weight is 526 g/mol. The summed E-state index contributed by atoms with van der Waals surface area (Å²) in [4.78, 5) is 18.1. The van der Waals surface area contributed by atoms with Gasteiger partial charge >= 0.3 is 0 Å². The monoisotopic (exact) mass is 524 g/mol. The standard InChI is InChI=1S/C26H22BrClN2O3/c1-3-32-23-16-17(15-21(27)25(23)33-4-2)9-14-24-29-22-8-6-5-7-20(22)26(31)30(24)19-12-10-18(28)11-13-19/h5-16H,3-4H2,1-2H3. The molecule has 3 aromatic carbocycles. The van der Waals surface area contributed by atoms with E-state index < -0.39 is 0 Å². The van der Waals surface area contributed by atoms with Gasteiger partial charge in [0.25, 0.3) is 5.56 Å². The fourth-order valence-electron chi connectivity index (χ4n) is 3.50. The molecule has 0 fully saturated rings. The Morgan fingerprint density at radius 1 is 1.00 bits per heavy atom. The van der Waals surface area contributed by atoms with Gasteiger partial charge in [0.1, 0.15) is 5.82 Å². The minimum Gasteiger partial charge on any atom is -0.490 e. The molecule has 168 valence electrons. The van der Waals surface area contributed by atoms with Gasteiger partial charge in [-0.25, -0.2) is 4.98 Å². The van der Waals surface area contributed by atoms with Gasteiger partial charge < -0.3 is 9.47 Å². The van der Waals surface area contributed by atoms with Gasteiger partial charge in [-0.15, -0.1) is 0 Å². The van der Waals surface area contributed by atoms with E-state index in [1.807, 2.05) is 56.3 Å². The molecule has 1 heterocycles. The number of hydrogen-bond donors (Lipinski definition) is 0. The summed E-state index contributed by atoms with van der Waals surface area (Å²) in [5.74, 6) is 1.82. The number of hydrogen-bond acceptors (Lipinski definition) is 4. The van der Waals surface area contributed by atoms with Gasteiger partial charge in [0, 0.05) is 5.02 Å². The van der Waals surface area contributed by atoms with Crippen LogP contribution in [0, 0.1) is 0 Å². The maximum absolute atomic E-state index is 13.4. The van der Waals surface area contributed by atoms with Gasteiger partial charge in [-0.05, 0) is 89.9 Å². The molecule has 0 atom stereocenters. The molecule has 0 saturated carbocycles. The molecule has 0 aliphatic rings. The van der Waals surface area contributed by atoms with Gasteiger partial charge in [-0.2, -0.15) is 0 Å². The Morgan fingerprint density at radius 3 is 2.45 bits per heavy atom. The van der Waals surface area contributed by atoms with Crippen molar-refractivity contribution in [2.45, 2.75) is 13.8 Å². The SMILES string of the molecule is CCOc1cc(C=Cc2nc3ccccc3c(=O)n2-c2ccc(Cl)cc2)cc(Br)c1OCC. The van der Waals surface area contributed by atoms with E-state index >= 15 is 0 Å². The zero-order chi connectivity index (χ0) is 23.4. The highest BCUT2D eigenvalue weighted by atomic mass is 79.9. The summed E-state index contributed by atoms with van der Waals surface area (Å²) in [5, 5.41) is 1.15. The van der Waals surface area contributed by atoms with Crippen LogP contribution in [0.2, 0.25) is 5.02 Å². The summed E-state index contributed by atoms with van der Waals surface area (Å²) >= 11 is 9.64. The lowest BCUT2D eigenvalue weighted by Gasteiger charge is -2.14. The summed E-state index contributed by atoms with van der Waals surface area (Å²) in [5.41, 5.74) is 2.05. The van der Waals surface area contributed by atoms with E-state index in [9.17, 15) is 4.79 Å². The fourth-order valence-corrected chi connectivity index (χ4v) is 4.20. The Kier molecular flexibility index (Phi) is 7.16. The largest absolute Gasteiger partial charge is 0.490 e. The van der Waals surface area contributed by atoms with E-state index in [-0.39, 0.29) is 5.56 Å².